The highest BCUT2D eigenvalue weighted by atomic mass is 16.5. The maximum atomic E-state index is 11.7. The molecule has 118 valence electrons. The van der Waals surface area contributed by atoms with Crippen LogP contribution >= 0.6 is 0 Å². The van der Waals surface area contributed by atoms with Crippen LogP contribution in [0, 0.1) is 11.3 Å². The maximum absolute atomic E-state index is 11.7. The summed E-state index contributed by atoms with van der Waals surface area (Å²) in [5, 5.41) is 11.6. The van der Waals surface area contributed by atoms with E-state index in [0.717, 1.165) is 24.8 Å². The van der Waals surface area contributed by atoms with Crippen LogP contribution in [-0.4, -0.2) is 25.5 Å². The molecule has 0 atom stereocenters. The molecule has 0 unspecified atom stereocenters. The van der Waals surface area contributed by atoms with Gasteiger partial charge in [-0.25, -0.2) is 0 Å². The summed E-state index contributed by atoms with van der Waals surface area (Å²) in [5.74, 6) is -0.163. The molecule has 5 nitrogen and oxygen atoms in total. The number of hydrogen-bond acceptors (Lipinski definition) is 4. The third-order valence-corrected chi connectivity index (χ3v) is 3.33. The van der Waals surface area contributed by atoms with Gasteiger partial charge in [0.25, 0.3) is 0 Å². The van der Waals surface area contributed by atoms with Crippen molar-refractivity contribution in [3.63, 3.8) is 0 Å². The molecule has 5 heteroatoms. The summed E-state index contributed by atoms with van der Waals surface area (Å²) in [5.41, 5.74) is 1.67. The molecule has 1 aromatic rings. The predicted molar refractivity (Wildman–Crippen MR) is 83.0 cm³/mol. The molecule has 1 N–H and O–H groups in total. The van der Waals surface area contributed by atoms with Crippen molar-refractivity contribution in [2.75, 3.05) is 13.7 Å². The van der Waals surface area contributed by atoms with E-state index < -0.39 is 0 Å². The number of nitriles is 1. The summed E-state index contributed by atoms with van der Waals surface area (Å²) >= 11 is 0. The largest absolute Gasteiger partial charge is 0.469 e. The van der Waals surface area contributed by atoms with Gasteiger partial charge in [0.1, 0.15) is 0 Å². The van der Waals surface area contributed by atoms with Crippen LogP contribution < -0.4 is 5.32 Å². The topological polar surface area (TPSA) is 79.2 Å². The second-order valence-corrected chi connectivity index (χ2v) is 5.05. The molecule has 0 aliphatic heterocycles. The van der Waals surface area contributed by atoms with E-state index in [9.17, 15) is 9.59 Å². The first kappa shape index (κ1) is 17.7. The molecule has 0 aliphatic rings. The van der Waals surface area contributed by atoms with Gasteiger partial charge >= 0.3 is 5.97 Å². The summed E-state index contributed by atoms with van der Waals surface area (Å²) < 4.78 is 4.56. The Balaban J connectivity index is 2.08. The van der Waals surface area contributed by atoms with E-state index in [0.29, 0.717) is 31.4 Å². The number of carbonyl (C=O) groups excluding carboxylic acids is 2. The number of nitrogens with zero attached hydrogens (tertiary/aromatic N) is 1. The molecule has 22 heavy (non-hydrogen) atoms. The van der Waals surface area contributed by atoms with Crippen LogP contribution in [0.2, 0.25) is 0 Å². The van der Waals surface area contributed by atoms with Crippen molar-refractivity contribution >= 4 is 11.9 Å². The second kappa shape index (κ2) is 10.4. The lowest BCUT2D eigenvalue weighted by Crippen LogP contribution is -2.24. The van der Waals surface area contributed by atoms with Crippen LogP contribution in [0.15, 0.2) is 24.3 Å². The van der Waals surface area contributed by atoms with E-state index in [1.54, 1.807) is 12.1 Å². The average molecular weight is 302 g/mol. The molecule has 0 aromatic heterocycles. The van der Waals surface area contributed by atoms with E-state index in [4.69, 9.17) is 5.26 Å². The highest BCUT2D eigenvalue weighted by Gasteiger charge is 2.03. The van der Waals surface area contributed by atoms with Crippen molar-refractivity contribution in [1.29, 1.82) is 5.26 Å². The molecule has 1 rings (SSSR count). The van der Waals surface area contributed by atoms with Gasteiger partial charge in [0.15, 0.2) is 0 Å². The number of amides is 1. The molecule has 0 saturated carbocycles. The molecular formula is C17H22N2O3. The maximum Gasteiger partial charge on any atom is 0.305 e. The number of esters is 1. The van der Waals surface area contributed by atoms with Gasteiger partial charge in [0, 0.05) is 19.4 Å². The minimum Gasteiger partial charge on any atom is -0.469 e. The lowest BCUT2D eigenvalue weighted by Gasteiger charge is -2.05. The van der Waals surface area contributed by atoms with Gasteiger partial charge in [0.05, 0.1) is 18.7 Å². The van der Waals surface area contributed by atoms with Crippen LogP contribution in [0.4, 0.5) is 0 Å². The number of ether oxygens (including phenoxy) is 1. The van der Waals surface area contributed by atoms with E-state index in [-0.39, 0.29) is 11.9 Å². The Labute approximate surface area is 131 Å². The van der Waals surface area contributed by atoms with Crippen molar-refractivity contribution in [2.24, 2.45) is 0 Å². The smallest absolute Gasteiger partial charge is 0.305 e. The summed E-state index contributed by atoms with van der Waals surface area (Å²) in [6.45, 7) is 0.632. The number of methoxy groups -OCH3 is 1. The molecule has 0 aliphatic carbocycles. The minimum absolute atomic E-state index is 0.0253. The zero-order valence-corrected chi connectivity index (χ0v) is 12.9. The number of unbranched alkanes of at least 4 members (excludes halogenated alkanes) is 2. The Kier molecular flexibility index (Phi) is 8.36. The molecular weight excluding hydrogens is 280 g/mol. The molecule has 1 amide bonds. The summed E-state index contributed by atoms with van der Waals surface area (Å²) in [6.07, 6.45) is 4.08. The van der Waals surface area contributed by atoms with Crippen LogP contribution in [0.25, 0.3) is 0 Å². The predicted octanol–water partition coefficient (Wildman–Crippen LogP) is 2.34. The number of carbonyl (C=O) groups is 2. The fourth-order valence-corrected chi connectivity index (χ4v) is 1.99. The Morgan fingerprint density at radius 2 is 1.86 bits per heavy atom. The molecule has 1 aromatic carbocycles. The van der Waals surface area contributed by atoms with Crippen LogP contribution in [0.1, 0.15) is 43.2 Å². The SMILES string of the molecule is COC(=O)CCCCCNC(=O)CCc1ccc(C#N)cc1. The first-order valence-corrected chi connectivity index (χ1v) is 7.48. The van der Waals surface area contributed by atoms with E-state index in [2.05, 4.69) is 16.1 Å². The first-order valence-electron chi connectivity index (χ1n) is 7.48. The zero-order chi connectivity index (χ0) is 16.2. The van der Waals surface area contributed by atoms with E-state index in [1.165, 1.54) is 7.11 Å². The normalized spacial score (nSPS) is 9.82. The van der Waals surface area contributed by atoms with Crippen LogP contribution in [-0.2, 0) is 20.7 Å². The quantitative estimate of drug-likeness (QED) is 0.561. The number of nitrogens with one attached hydrogen (secondary N) is 1. The van der Waals surface area contributed by atoms with Crippen molar-refractivity contribution in [3.8, 4) is 6.07 Å². The monoisotopic (exact) mass is 302 g/mol. The fourth-order valence-electron chi connectivity index (χ4n) is 1.99. The van der Waals surface area contributed by atoms with Crippen molar-refractivity contribution < 1.29 is 14.3 Å². The lowest BCUT2D eigenvalue weighted by atomic mass is 10.1. The van der Waals surface area contributed by atoms with Crippen molar-refractivity contribution in [3.05, 3.63) is 35.4 Å². The second-order valence-electron chi connectivity index (χ2n) is 5.05. The van der Waals surface area contributed by atoms with Gasteiger partial charge in [-0.15, -0.1) is 0 Å². The van der Waals surface area contributed by atoms with Gasteiger partial charge in [-0.05, 0) is 37.0 Å². The first-order chi connectivity index (χ1) is 10.7. The highest BCUT2D eigenvalue weighted by Crippen LogP contribution is 2.06. The number of benzene rings is 1. The Bertz CT molecular complexity index is 518. The molecule has 0 spiro atoms. The molecule has 0 saturated heterocycles. The van der Waals surface area contributed by atoms with Crippen LogP contribution in [0.3, 0.4) is 0 Å². The molecule has 0 bridgehead atoms. The number of aryl methyl sites for hydroxylation is 1. The van der Waals surface area contributed by atoms with E-state index >= 15 is 0 Å². The molecule has 0 heterocycles. The standard InChI is InChI=1S/C17H22N2O3/c1-22-17(21)5-3-2-4-12-19-16(20)11-10-14-6-8-15(13-18)9-7-14/h6-9H,2-5,10-12H2,1H3,(H,19,20). The van der Waals surface area contributed by atoms with Gasteiger partial charge in [-0.2, -0.15) is 5.26 Å². The molecule has 0 radical (unpaired) electrons. The van der Waals surface area contributed by atoms with Crippen molar-refractivity contribution in [2.45, 2.75) is 38.5 Å². The summed E-state index contributed by atoms with van der Waals surface area (Å²) in [4.78, 5) is 22.6. The third-order valence-electron chi connectivity index (χ3n) is 3.33. The Hall–Kier alpha value is -2.35. The Morgan fingerprint density at radius 3 is 2.50 bits per heavy atom. The Morgan fingerprint density at radius 1 is 1.14 bits per heavy atom. The van der Waals surface area contributed by atoms with Gasteiger partial charge in [-0.1, -0.05) is 18.6 Å². The molecule has 0 fully saturated rings. The van der Waals surface area contributed by atoms with E-state index in [1.807, 2.05) is 12.1 Å². The number of hydrogen-bond donors (Lipinski definition) is 1. The van der Waals surface area contributed by atoms with Crippen LogP contribution in [0.5, 0.6) is 0 Å². The van der Waals surface area contributed by atoms with Gasteiger partial charge in [0.2, 0.25) is 5.91 Å². The lowest BCUT2D eigenvalue weighted by molar-refractivity contribution is -0.140. The third kappa shape index (κ3) is 7.44. The minimum atomic E-state index is -0.188. The fraction of sp³-hybridized carbons (Fsp3) is 0.471. The average Bonchev–Trinajstić information content (AvgIpc) is 2.56. The van der Waals surface area contributed by atoms with Gasteiger partial charge < -0.3 is 10.1 Å². The van der Waals surface area contributed by atoms with Gasteiger partial charge in [-0.3, -0.25) is 9.59 Å². The highest BCUT2D eigenvalue weighted by molar-refractivity contribution is 5.76. The van der Waals surface area contributed by atoms with Crippen molar-refractivity contribution in [1.82, 2.24) is 5.32 Å². The summed E-state index contributed by atoms with van der Waals surface area (Å²) in [7, 11) is 1.39. The number of rotatable bonds is 9. The summed E-state index contributed by atoms with van der Waals surface area (Å²) in [6, 6.07) is 9.33. The zero-order valence-electron chi connectivity index (χ0n) is 12.9.